The molecule has 0 saturated carbocycles. The Balaban J connectivity index is 2.45. The van der Waals surface area contributed by atoms with E-state index >= 15 is 0 Å². The Bertz CT molecular complexity index is 655. The minimum atomic E-state index is -1.09. The van der Waals surface area contributed by atoms with Gasteiger partial charge in [0, 0.05) is 11.6 Å². The fraction of sp³-hybridized carbons (Fsp3) is 0.333. The monoisotopic (exact) mass is 262 g/mol. The van der Waals surface area contributed by atoms with Crippen molar-refractivity contribution in [3.63, 3.8) is 0 Å². The van der Waals surface area contributed by atoms with Crippen molar-refractivity contribution >= 4 is 23.5 Å². The van der Waals surface area contributed by atoms with Gasteiger partial charge in [0.05, 0.1) is 0 Å². The first-order valence-electron chi connectivity index (χ1n) is 5.69. The summed E-state index contributed by atoms with van der Waals surface area (Å²) >= 11 is 0. The van der Waals surface area contributed by atoms with Crippen LogP contribution in [-0.4, -0.2) is 31.6 Å². The quantitative estimate of drug-likeness (QED) is 0.853. The van der Waals surface area contributed by atoms with Gasteiger partial charge >= 0.3 is 5.97 Å². The summed E-state index contributed by atoms with van der Waals surface area (Å²) in [4.78, 5) is 22.9. The number of carboxylic acids is 1. The molecule has 0 aliphatic heterocycles. The van der Waals surface area contributed by atoms with Crippen molar-refractivity contribution in [3.05, 3.63) is 23.9 Å². The molecule has 2 N–H and O–H groups in total. The highest BCUT2D eigenvalue weighted by Gasteiger charge is 2.23. The second kappa shape index (κ2) is 4.34. The summed E-state index contributed by atoms with van der Waals surface area (Å²) in [6.45, 7) is 5.32. The Morgan fingerprint density at radius 2 is 2.00 bits per heavy atom. The third-order valence-electron chi connectivity index (χ3n) is 2.57. The first-order chi connectivity index (χ1) is 8.80. The van der Waals surface area contributed by atoms with Gasteiger partial charge in [-0.15, -0.1) is 10.2 Å². The molecule has 7 heteroatoms. The molecular weight excluding hydrogens is 248 g/mol. The van der Waals surface area contributed by atoms with Crippen molar-refractivity contribution in [1.29, 1.82) is 0 Å². The van der Waals surface area contributed by atoms with Gasteiger partial charge in [-0.25, -0.2) is 4.79 Å². The Kier molecular flexibility index (Phi) is 2.97. The Hall–Kier alpha value is -2.44. The van der Waals surface area contributed by atoms with Crippen molar-refractivity contribution < 1.29 is 14.7 Å². The average Bonchev–Trinajstić information content (AvgIpc) is 2.71. The van der Waals surface area contributed by atoms with Crippen LogP contribution >= 0.6 is 0 Å². The number of aromatic carboxylic acids is 1. The molecule has 100 valence electrons. The third kappa shape index (κ3) is 2.40. The van der Waals surface area contributed by atoms with Crippen LogP contribution in [-0.2, 0) is 4.79 Å². The first kappa shape index (κ1) is 13.0. The highest BCUT2D eigenvalue weighted by Crippen LogP contribution is 2.18. The summed E-state index contributed by atoms with van der Waals surface area (Å²) in [7, 11) is 0. The molecule has 2 aromatic rings. The molecule has 2 rings (SSSR count). The zero-order chi connectivity index (χ0) is 14.2. The lowest BCUT2D eigenvalue weighted by Gasteiger charge is -2.16. The van der Waals surface area contributed by atoms with Crippen LogP contribution in [0.2, 0.25) is 0 Å². The molecule has 7 nitrogen and oxygen atoms in total. The number of aromatic nitrogens is 3. The van der Waals surface area contributed by atoms with Crippen LogP contribution in [0, 0.1) is 5.41 Å². The maximum atomic E-state index is 11.9. The molecule has 19 heavy (non-hydrogen) atoms. The average molecular weight is 262 g/mol. The van der Waals surface area contributed by atoms with Crippen LogP contribution in [0.4, 0.5) is 5.95 Å². The van der Waals surface area contributed by atoms with Crippen molar-refractivity contribution in [2.45, 2.75) is 20.8 Å². The normalized spacial score (nSPS) is 11.5. The number of pyridine rings is 1. The van der Waals surface area contributed by atoms with Gasteiger partial charge in [-0.2, -0.15) is 0 Å². The SMILES string of the molecule is CC(C)(C)C(=O)Nc1nnc2c(C(=O)O)cccn12. The van der Waals surface area contributed by atoms with Crippen LogP contribution in [0.25, 0.3) is 5.65 Å². The number of carboxylic acid groups (broad SMARTS) is 1. The summed E-state index contributed by atoms with van der Waals surface area (Å²) in [6, 6.07) is 2.99. The van der Waals surface area contributed by atoms with Crippen LogP contribution < -0.4 is 5.32 Å². The maximum Gasteiger partial charge on any atom is 0.339 e. The summed E-state index contributed by atoms with van der Waals surface area (Å²) in [5.41, 5.74) is -0.346. The van der Waals surface area contributed by atoms with E-state index in [1.165, 1.54) is 10.5 Å². The van der Waals surface area contributed by atoms with E-state index in [1.54, 1.807) is 33.0 Å². The van der Waals surface area contributed by atoms with Gasteiger partial charge in [0.2, 0.25) is 11.9 Å². The molecule has 0 spiro atoms. The summed E-state index contributed by atoms with van der Waals surface area (Å²) in [5.74, 6) is -1.10. The number of hydrogen-bond acceptors (Lipinski definition) is 4. The molecule has 0 atom stereocenters. The predicted octanol–water partition coefficient (Wildman–Crippen LogP) is 1.41. The van der Waals surface area contributed by atoms with E-state index in [-0.39, 0.29) is 23.1 Å². The van der Waals surface area contributed by atoms with Crippen molar-refractivity contribution in [1.82, 2.24) is 14.6 Å². The van der Waals surface area contributed by atoms with Crippen molar-refractivity contribution in [2.24, 2.45) is 5.41 Å². The number of hydrogen-bond donors (Lipinski definition) is 2. The number of carbonyl (C=O) groups excluding carboxylic acids is 1. The summed E-state index contributed by atoms with van der Waals surface area (Å²) < 4.78 is 1.44. The van der Waals surface area contributed by atoms with Crippen molar-refractivity contribution in [3.8, 4) is 0 Å². The topological polar surface area (TPSA) is 96.6 Å². The Labute approximate surface area is 109 Å². The molecule has 0 unspecified atom stereocenters. The number of anilines is 1. The van der Waals surface area contributed by atoms with Crippen LogP contribution in [0.15, 0.2) is 18.3 Å². The van der Waals surface area contributed by atoms with Crippen LogP contribution in [0.3, 0.4) is 0 Å². The van der Waals surface area contributed by atoms with Gasteiger partial charge in [0.25, 0.3) is 0 Å². The fourth-order valence-electron chi connectivity index (χ4n) is 1.46. The second-order valence-corrected chi connectivity index (χ2v) is 5.15. The molecule has 0 aromatic carbocycles. The molecule has 0 bridgehead atoms. The zero-order valence-corrected chi connectivity index (χ0v) is 10.8. The lowest BCUT2D eigenvalue weighted by Crippen LogP contribution is -2.28. The summed E-state index contributed by atoms with van der Waals surface area (Å²) in [6.07, 6.45) is 1.60. The molecule has 0 aliphatic rings. The van der Waals surface area contributed by atoms with Gasteiger partial charge in [-0.05, 0) is 12.1 Å². The maximum absolute atomic E-state index is 11.9. The van der Waals surface area contributed by atoms with Crippen molar-refractivity contribution in [2.75, 3.05) is 5.32 Å². The summed E-state index contributed by atoms with van der Waals surface area (Å²) in [5, 5.41) is 19.3. The standard InChI is InChI=1S/C12H14N4O3/c1-12(2,3)10(19)13-11-15-14-8-7(9(17)18)5-4-6-16(8)11/h4-6H,1-3H3,(H,17,18)(H,13,15,19). The smallest absolute Gasteiger partial charge is 0.339 e. The number of rotatable bonds is 2. The molecule has 2 aromatic heterocycles. The zero-order valence-electron chi connectivity index (χ0n) is 10.8. The molecule has 0 radical (unpaired) electrons. The predicted molar refractivity (Wildman–Crippen MR) is 68.0 cm³/mol. The number of amides is 1. The van der Waals surface area contributed by atoms with E-state index in [9.17, 15) is 9.59 Å². The van der Waals surface area contributed by atoms with E-state index in [0.717, 1.165) is 0 Å². The minimum Gasteiger partial charge on any atom is -0.478 e. The van der Waals surface area contributed by atoms with Crippen LogP contribution in [0.5, 0.6) is 0 Å². The van der Waals surface area contributed by atoms with Gasteiger partial charge in [0.1, 0.15) is 5.56 Å². The Morgan fingerprint density at radius 1 is 1.32 bits per heavy atom. The first-order valence-corrected chi connectivity index (χ1v) is 5.69. The largest absolute Gasteiger partial charge is 0.478 e. The third-order valence-corrected chi connectivity index (χ3v) is 2.57. The Morgan fingerprint density at radius 3 is 2.58 bits per heavy atom. The van der Waals surface area contributed by atoms with E-state index in [1.807, 2.05) is 0 Å². The van der Waals surface area contributed by atoms with Crippen LogP contribution in [0.1, 0.15) is 31.1 Å². The van der Waals surface area contributed by atoms with E-state index in [4.69, 9.17) is 5.11 Å². The van der Waals surface area contributed by atoms with E-state index < -0.39 is 11.4 Å². The lowest BCUT2D eigenvalue weighted by atomic mass is 9.96. The number of carbonyl (C=O) groups is 2. The van der Waals surface area contributed by atoms with Gasteiger partial charge in [-0.1, -0.05) is 20.8 Å². The van der Waals surface area contributed by atoms with Gasteiger partial charge in [-0.3, -0.25) is 14.5 Å². The number of nitrogens with one attached hydrogen (secondary N) is 1. The van der Waals surface area contributed by atoms with Gasteiger partial charge < -0.3 is 5.11 Å². The second-order valence-electron chi connectivity index (χ2n) is 5.15. The molecule has 0 saturated heterocycles. The van der Waals surface area contributed by atoms with E-state index in [0.29, 0.717) is 0 Å². The fourth-order valence-corrected chi connectivity index (χ4v) is 1.46. The highest BCUT2D eigenvalue weighted by molar-refractivity contribution is 5.96. The molecule has 2 heterocycles. The minimum absolute atomic E-state index is 0.0336. The number of fused-ring (bicyclic) bond motifs is 1. The molecule has 0 fully saturated rings. The lowest BCUT2D eigenvalue weighted by molar-refractivity contribution is -0.123. The van der Waals surface area contributed by atoms with Gasteiger partial charge in [0.15, 0.2) is 5.65 Å². The molecular formula is C12H14N4O3. The molecule has 0 aliphatic carbocycles. The molecule has 1 amide bonds. The number of nitrogens with zero attached hydrogens (tertiary/aromatic N) is 3. The van der Waals surface area contributed by atoms with E-state index in [2.05, 4.69) is 15.5 Å². The highest BCUT2D eigenvalue weighted by atomic mass is 16.4.